The van der Waals surface area contributed by atoms with Crippen LogP contribution in [0.25, 0.3) is 21.9 Å². The number of H-pyrrole nitrogens is 2. The van der Waals surface area contributed by atoms with E-state index >= 15 is 0 Å². The molecule has 0 bridgehead atoms. The van der Waals surface area contributed by atoms with Crippen molar-refractivity contribution < 1.29 is 14.2 Å². The first-order valence-electron chi connectivity index (χ1n) is 8.67. The van der Waals surface area contributed by atoms with Gasteiger partial charge in [0.15, 0.2) is 11.5 Å². The van der Waals surface area contributed by atoms with Crippen molar-refractivity contribution in [3.8, 4) is 17.2 Å². The fraction of sp³-hybridized carbons (Fsp3) is 0.150. The van der Waals surface area contributed by atoms with Crippen LogP contribution in [0.15, 0.2) is 51.1 Å². The predicted octanol–water partition coefficient (Wildman–Crippen LogP) is 2.08. The van der Waals surface area contributed by atoms with Gasteiger partial charge < -0.3 is 24.2 Å². The van der Waals surface area contributed by atoms with Crippen molar-refractivity contribution in [2.75, 3.05) is 21.3 Å². The number of benzene rings is 2. The van der Waals surface area contributed by atoms with Crippen LogP contribution in [0.3, 0.4) is 0 Å². The summed E-state index contributed by atoms with van der Waals surface area (Å²) in [5.74, 6) is 1.69. The molecule has 0 amide bonds. The minimum absolute atomic E-state index is 0.224. The van der Waals surface area contributed by atoms with Gasteiger partial charge in [0, 0.05) is 11.5 Å². The predicted molar refractivity (Wildman–Crippen MR) is 110 cm³/mol. The first-order chi connectivity index (χ1) is 14.0. The molecule has 0 radical (unpaired) electrons. The SMILES string of the molecule is COc1ccc(/C=N\n2c(=O)[nH]c3c([nH]c4cc(OC)c(OC)cc43)c2=O)cc1. The van der Waals surface area contributed by atoms with Gasteiger partial charge in [0.2, 0.25) is 0 Å². The molecular formula is C20H18N4O5. The molecule has 148 valence electrons. The molecule has 0 spiro atoms. The van der Waals surface area contributed by atoms with Crippen LogP contribution in [0.2, 0.25) is 0 Å². The molecular weight excluding hydrogens is 376 g/mol. The lowest BCUT2D eigenvalue weighted by molar-refractivity contribution is 0.356. The highest BCUT2D eigenvalue weighted by Gasteiger charge is 2.15. The first kappa shape index (κ1) is 18.4. The lowest BCUT2D eigenvalue weighted by Gasteiger charge is -2.06. The summed E-state index contributed by atoms with van der Waals surface area (Å²) in [5, 5.41) is 4.68. The van der Waals surface area contributed by atoms with Gasteiger partial charge >= 0.3 is 11.2 Å². The van der Waals surface area contributed by atoms with E-state index in [1.807, 2.05) is 0 Å². The summed E-state index contributed by atoms with van der Waals surface area (Å²) in [6.45, 7) is 0. The van der Waals surface area contributed by atoms with Crippen molar-refractivity contribution in [3.63, 3.8) is 0 Å². The van der Waals surface area contributed by atoms with Crippen LogP contribution in [0.5, 0.6) is 17.2 Å². The van der Waals surface area contributed by atoms with Gasteiger partial charge in [-0.1, -0.05) is 0 Å². The number of rotatable bonds is 5. The van der Waals surface area contributed by atoms with Crippen molar-refractivity contribution in [1.82, 2.24) is 14.6 Å². The molecule has 2 aromatic carbocycles. The maximum atomic E-state index is 12.9. The highest BCUT2D eigenvalue weighted by atomic mass is 16.5. The highest BCUT2D eigenvalue weighted by Crippen LogP contribution is 2.34. The van der Waals surface area contributed by atoms with Gasteiger partial charge in [-0.05, 0) is 35.9 Å². The van der Waals surface area contributed by atoms with E-state index in [1.165, 1.54) is 20.4 Å². The summed E-state index contributed by atoms with van der Waals surface area (Å²) in [7, 11) is 4.61. The third kappa shape index (κ3) is 3.12. The average Bonchev–Trinajstić information content (AvgIpc) is 3.10. The smallest absolute Gasteiger partial charge is 0.350 e. The average molecular weight is 394 g/mol. The van der Waals surface area contributed by atoms with Gasteiger partial charge in [-0.15, -0.1) is 4.68 Å². The third-order valence-corrected chi connectivity index (χ3v) is 4.57. The Bertz CT molecular complexity index is 1350. The van der Waals surface area contributed by atoms with Crippen LogP contribution in [-0.2, 0) is 0 Å². The summed E-state index contributed by atoms with van der Waals surface area (Å²) in [4.78, 5) is 31.1. The van der Waals surface area contributed by atoms with E-state index in [0.29, 0.717) is 39.2 Å². The molecule has 29 heavy (non-hydrogen) atoms. The molecule has 0 aliphatic heterocycles. The zero-order chi connectivity index (χ0) is 20.5. The van der Waals surface area contributed by atoms with Crippen LogP contribution < -0.4 is 25.5 Å². The van der Waals surface area contributed by atoms with E-state index in [-0.39, 0.29) is 5.52 Å². The Labute approximate surface area is 164 Å². The molecule has 0 saturated carbocycles. The molecule has 0 saturated heterocycles. The van der Waals surface area contributed by atoms with E-state index in [2.05, 4.69) is 15.1 Å². The second-order valence-corrected chi connectivity index (χ2v) is 6.19. The number of hydrogen-bond donors (Lipinski definition) is 2. The monoisotopic (exact) mass is 394 g/mol. The molecule has 0 atom stereocenters. The normalized spacial score (nSPS) is 11.4. The molecule has 2 aromatic heterocycles. The third-order valence-electron chi connectivity index (χ3n) is 4.57. The summed E-state index contributed by atoms with van der Waals surface area (Å²) >= 11 is 0. The topological polar surface area (TPSA) is 111 Å². The van der Waals surface area contributed by atoms with Crippen LogP contribution in [0.4, 0.5) is 0 Å². The fourth-order valence-corrected chi connectivity index (χ4v) is 3.09. The lowest BCUT2D eigenvalue weighted by Crippen LogP contribution is -2.32. The maximum Gasteiger partial charge on any atom is 0.350 e. The summed E-state index contributed by atoms with van der Waals surface area (Å²) in [6, 6.07) is 10.5. The number of nitrogens with one attached hydrogen (secondary N) is 2. The minimum Gasteiger partial charge on any atom is -0.497 e. The minimum atomic E-state index is -0.650. The van der Waals surface area contributed by atoms with Crippen molar-refractivity contribution in [1.29, 1.82) is 0 Å². The molecule has 4 rings (SSSR count). The summed E-state index contributed by atoms with van der Waals surface area (Å²) in [6.07, 6.45) is 1.43. The Hall–Kier alpha value is -4.01. The standard InChI is InChI=1S/C20H18N4O5/c1-27-12-6-4-11(5-7-12)10-21-24-19(25)18-17(23-20(24)26)13-8-15(28-2)16(29-3)9-14(13)22-18/h4-10,22H,1-3H3,(H,23,26)/b21-10-. The summed E-state index contributed by atoms with van der Waals surface area (Å²) in [5.41, 5.74) is 0.727. The Morgan fingerprint density at radius 2 is 1.59 bits per heavy atom. The van der Waals surface area contributed by atoms with Crippen molar-refractivity contribution >= 4 is 28.2 Å². The molecule has 2 heterocycles. The lowest BCUT2D eigenvalue weighted by atomic mass is 10.2. The summed E-state index contributed by atoms with van der Waals surface area (Å²) < 4.78 is 16.5. The van der Waals surface area contributed by atoms with Gasteiger partial charge in [-0.2, -0.15) is 5.10 Å². The molecule has 0 unspecified atom stereocenters. The van der Waals surface area contributed by atoms with E-state index in [4.69, 9.17) is 14.2 Å². The van der Waals surface area contributed by atoms with Gasteiger partial charge in [-0.25, -0.2) is 4.79 Å². The number of hydrogen-bond acceptors (Lipinski definition) is 6. The van der Waals surface area contributed by atoms with E-state index < -0.39 is 11.2 Å². The molecule has 4 aromatic rings. The number of ether oxygens (including phenoxy) is 3. The van der Waals surface area contributed by atoms with Crippen LogP contribution in [-0.4, -0.2) is 42.2 Å². The second-order valence-electron chi connectivity index (χ2n) is 6.19. The number of aromatic amines is 2. The van der Waals surface area contributed by atoms with Crippen LogP contribution >= 0.6 is 0 Å². The molecule has 9 nitrogen and oxygen atoms in total. The fourth-order valence-electron chi connectivity index (χ4n) is 3.09. The van der Waals surface area contributed by atoms with E-state index in [1.54, 1.807) is 43.5 Å². The zero-order valence-corrected chi connectivity index (χ0v) is 16.0. The Kier molecular flexibility index (Phi) is 4.55. The zero-order valence-electron chi connectivity index (χ0n) is 16.0. The quantitative estimate of drug-likeness (QED) is 0.504. The van der Waals surface area contributed by atoms with E-state index in [9.17, 15) is 9.59 Å². The van der Waals surface area contributed by atoms with Gasteiger partial charge in [-0.3, -0.25) is 4.79 Å². The van der Waals surface area contributed by atoms with Crippen molar-refractivity contribution in [2.24, 2.45) is 5.10 Å². The molecule has 9 heteroatoms. The Morgan fingerprint density at radius 1 is 0.897 bits per heavy atom. The second kappa shape index (κ2) is 7.19. The number of fused-ring (bicyclic) bond motifs is 3. The van der Waals surface area contributed by atoms with Gasteiger partial charge in [0.25, 0.3) is 0 Å². The van der Waals surface area contributed by atoms with Crippen LogP contribution in [0, 0.1) is 0 Å². The number of aromatic nitrogens is 3. The Morgan fingerprint density at radius 3 is 2.24 bits per heavy atom. The largest absolute Gasteiger partial charge is 0.497 e. The van der Waals surface area contributed by atoms with E-state index in [0.717, 1.165) is 4.68 Å². The maximum absolute atomic E-state index is 12.9. The number of methoxy groups -OCH3 is 3. The molecule has 0 aliphatic carbocycles. The molecule has 0 aliphatic rings. The first-order valence-corrected chi connectivity index (χ1v) is 8.67. The van der Waals surface area contributed by atoms with Crippen LogP contribution in [0.1, 0.15) is 5.56 Å². The molecule has 0 fully saturated rings. The van der Waals surface area contributed by atoms with Gasteiger partial charge in [0.1, 0.15) is 11.3 Å². The Balaban J connectivity index is 1.85. The molecule has 2 N–H and O–H groups in total. The van der Waals surface area contributed by atoms with Crippen molar-refractivity contribution in [3.05, 3.63) is 62.8 Å². The highest BCUT2D eigenvalue weighted by molar-refractivity contribution is 6.05. The van der Waals surface area contributed by atoms with Gasteiger partial charge in [0.05, 0.1) is 38.6 Å². The number of nitrogens with zero attached hydrogens (tertiary/aromatic N) is 2. The van der Waals surface area contributed by atoms with Crippen molar-refractivity contribution in [2.45, 2.75) is 0 Å².